The molecule has 0 spiro atoms. The Kier molecular flexibility index (Phi) is 32.9. The van der Waals surface area contributed by atoms with Crippen LogP contribution in [0.1, 0.15) is 19.8 Å². The second-order valence-electron chi connectivity index (χ2n) is 2.86. The molecule has 0 unspecified atom stereocenters. The zero-order valence-corrected chi connectivity index (χ0v) is 15.0. The fourth-order valence-corrected chi connectivity index (χ4v) is 0.792. The summed E-state index contributed by atoms with van der Waals surface area (Å²) in [7, 11) is 0. The fraction of sp³-hybridized carbons (Fsp3) is 0.538. The Bertz CT molecular complexity index is 157. The van der Waals surface area contributed by atoms with Gasteiger partial charge in [0.25, 0.3) is 0 Å². The van der Waals surface area contributed by atoms with E-state index in [0.717, 1.165) is 19.4 Å². The molecule has 17 heavy (non-hydrogen) atoms. The molecule has 0 amide bonds. The van der Waals surface area contributed by atoms with Crippen molar-refractivity contribution in [2.45, 2.75) is 19.8 Å². The van der Waals surface area contributed by atoms with Crippen molar-refractivity contribution in [3.05, 3.63) is 38.3 Å². The fourth-order valence-electron chi connectivity index (χ4n) is 0.792. The second-order valence-corrected chi connectivity index (χ2v) is 2.86. The molecule has 98 valence electrons. The Balaban J connectivity index is -0.000000340. The van der Waals surface area contributed by atoms with Gasteiger partial charge in [-0.25, -0.2) is 13.0 Å². The number of hydrogen-bond donors (Lipinski definition) is 1. The zero-order valence-electron chi connectivity index (χ0n) is 10.9. The van der Waals surface area contributed by atoms with E-state index in [1.165, 1.54) is 12.3 Å². The van der Waals surface area contributed by atoms with E-state index in [2.05, 4.69) is 26.0 Å². The summed E-state index contributed by atoms with van der Waals surface area (Å²) in [6, 6.07) is 0. The Hall–Kier alpha value is 0.122. The molecular formula is C13H25NO2U. The molecule has 3 nitrogen and oxygen atoms in total. The normalized spacial score (nSPS) is 10.0. The van der Waals surface area contributed by atoms with Crippen molar-refractivity contribution in [1.29, 1.82) is 0 Å². The maximum Gasteiger partial charge on any atom is 2.00 e. The molecule has 0 bridgehead atoms. The minimum Gasteiger partial charge on any atom is -0.481 e. The van der Waals surface area contributed by atoms with Gasteiger partial charge in [0.15, 0.2) is 0 Å². The van der Waals surface area contributed by atoms with Gasteiger partial charge in [-0.3, -0.25) is 0 Å². The minimum absolute atomic E-state index is 0. The van der Waals surface area contributed by atoms with Crippen molar-refractivity contribution in [2.24, 2.45) is 5.73 Å². The van der Waals surface area contributed by atoms with E-state index < -0.39 is 0 Å². The number of nitrogens with two attached hydrogens (primary N) is 1. The molecule has 0 fully saturated rings. The van der Waals surface area contributed by atoms with Gasteiger partial charge in [0.2, 0.25) is 0 Å². The van der Waals surface area contributed by atoms with Crippen LogP contribution in [0.25, 0.3) is 0 Å². The summed E-state index contributed by atoms with van der Waals surface area (Å²) in [5.41, 5.74) is 4.78. The van der Waals surface area contributed by atoms with E-state index in [1.807, 2.05) is 6.92 Å². The molecule has 0 aliphatic carbocycles. The summed E-state index contributed by atoms with van der Waals surface area (Å²) in [5.74, 6) is 0. The first-order valence-corrected chi connectivity index (χ1v) is 5.55. The predicted octanol–water partition coefficient (Wildman–Crippen LogP) is 2.50. The van der Waals surface area contributed by atoms with Crippen LogP contribution < -0.4 is 5.73 Å². The van der Waals surface area contributed by atoms with Gasteiger partial charge in [-0.2, -0.15) is 6.20 Å². The number of rotatable bonds is 8. The van der Waals surface area contributed by atoms with Gasteiger partial charge in [-0.15, -0.1) is 0 Å². The number of unbranched alkanes of at least 4 members (excludes halogenated alkanes) is 1. The van der Waals surface area contributed by atoms with Crippen molar-refractivity contribution in [2.75, 3.05) is 26.4 Å². The Labute approximate surface area is 130 Å². The van der Waals surface area contributed by atoms with Crippen molar-refractivity contribution in [3.63, 3.8) is 0 Å². The van der Waals surface area contributed by atoms with Gasteiger partial charge in [-0.05, 0) is 19.8 Å². The van der Waals surface area contributed by atoms with Crippen LogP contribution >= 0.6 is 0 Å². The molecule has 0 heterocycles. The first kappa shape index (κ1) is 22.3. The van der Waals surface area contributed by atoms with E-state index in [9.17, 15) is 0 Å². The molecule has 4 heteroatoms. The van der Waals surface area contributed by atoms with E-state index in [0.29, 0.717) is 19.8 Å². The van der Waals surface area contributed by atoms with Crippen molar-refractivity contribution < 1.29 is 40.6 Å². The standard InChI is InChI=1S/C10H19O2.C3H6N.U/c1-3-5-6-7-8-12-10-9-11-4-2;1-2-3-4;/h3,5H,2,4,6-10H2,1H3;2-3H,1,4H2;/q2*-1;+2/b5-3+;3-2+;. The third-order valence-corrected chi connectivity index (χ3v) is 1.55. The van der Waals surface area contributed by atoms with E-state index in [4.69, 9.17) is 15.2 Å². The molecule has 0 rings (SSSR count). The van der Waals surface area contributed by atoms with Crippen LogP contribution in [0, 0.1) is 45.0 Å². The number of ether oxygens (including phenoxy) is 2. The molecule has 0 saturated heterocycles. The van der Waals surface area contributed by atoms with Gasteiger partial charge < -0.3 is 22.1 Å². The van der Waals surface area contributed by atoms with Gasteiger partial charge in [0, 0.05) is 6.61 Å². The average Bonchev–Trinajstić information content (AvgIpc) is 2.33. The predicted molar refractivity (Wildman–Crippen MR) is 69.7 cm³/mol. The molecule has 0 aromatic heterocycles. The van der Waals surface area contributed by atoms with Gasteiger partial charge >= 0.3 is 31.1 Å². The molecule has 0 aliphatic heterocycles. The van der Waals surface area contributed by atoms with Crippen molar-refractivity contribution in [3.8, 4) is 0 Å². The largest absolute Gasteiger partial charge is 2.00 e. The summed E-state index contributed by atoms with van der Waals surface area (Å²) >= 11 is 0. The Morgan fingerprint density at radius 2 is 1.76 bits per heavy atom. The molecule has 0 radical (unpaired) electrons. The van der Waals surface area contributed by atoms with Crippen LogP contribution in [0.3, 0.4) is 0 Å². The van der Waals surface area contributed by atoms with Crippen LogP contribution in [0.5, 0.6) is 0 Å². The number of hydrogen-bond acceptors (Lipinski definition) is 3. The van der Waals surface area contributed by atoms with Gasteiger partial charge in [0.05, 0.1) is 13.2 Å². The van der Waals surface area contributed by atoms with Gasteiger partial charge in [0.1, 0.15) is 0 Å². The van der Waals surface area contributed by atoms with E-state index in [-0.39, 0.29) is 31.1 Å². The molecule has 0 aliphatic rings. The third kappa shape index (κ3) is 31.4. The Morgan fingerprint density at radius 3 is 2.24 bits per heavy atom. The maximum atomic E-state index is 5.30. The minimum atomic E-state index is 0. The first-order chi connectivity index (χ1) is 7.83. The monoisotopic (exact) mass is 465 g/mol. The molecule has 0 aromatic rings. The summed E-state index contributed by atoms with van der Waals surface area (Å²) in [4.78, 5) is 0. The Morgan fingerprint density at radius 1 is 1.18 bits per heavy atom. The smallest absolute Gasteiger partial charge is 0.481 e. The summed E-state index contributed by atoms with van der Waals surface area (Å²) in [5, 5.41) is 0. The van der Waals surface area contributed by atoms with Crippen LogP contribution in [0.15, 0.2) is 24.4 Å². The summed E-state index contributed by atoms with van der Waals surface area (Å²) < 4.78 is 10.3. The molecular weight excluding hydrogens is 440 g/mol. The molecule has 0 aromatic carbocycles. The summed E-state index contributed by atoms with van der Waals surface area (Å²) in [6.07, 6.45) is 9.32. The summed E-state index contributed by atoms with van der Waals surface area (Å²) in [6.45, 7) is 11.6. The van der Waals surface area contributed by atoms with E-state index in [1.54, 1.807) is 0 Å². The zero-order chi connectivity index (χ0) is 12.5. The average molecular weight is 465 g/mol. The third-order valence-electron chi connectivity index (χ3n) is 1.55. The van der Waals surface area contributed by atoms with Crippen LogP contribution in [0.2, 0.25) is 0 Å². The maximum absolute atomic E-state index is 5.30. The number of allylic oxidation sites excluding steroid dienone is 3. The second kappa shape index (κ2) is 25.1. The topological polar surface area (TPSA) is 44.5 Å². The van der Waals surface area contributed by atoms with Crippen molar-refractivity contribution in [1.82, 2.24) is 0 Å². The molecule has 2 N–H and O–H groups in total. The molecule has 0 atom stereocenters. The van der Waals surface area contributed by atoms with Crippen LogP contribution in [-0.2, 0) is 9.47 Å². The SMILES string of the molecule is [CH2-]/C=C/N.[CH2-]COCCOCCC/C=C/C.[U+2]. The van der Waals surface area contributed by atoms with Crippen molar-refractivity contribution >= 4 is 0 Å². The van der Waals surface area contributed by atoms with Crippen LogP contribution in [0.4, 0.5) is 0 Å². The van der Waals surface area contributed by atoms with Crippen LogP contribution in [-0.4, -0.2) is 26.4 Å². The molecule has 0 saturated carbocycles. The van der Waals surface area contributed by atoms with Gasteiger partial charge in [-0.1, -0.05) is 18.8 Å². The van der Waals surface area contributed by atoms with E-state index >= 15 is 0 Å². The quantitative estimate of drug-likeness (QED) is 0.341. The first-order valence-electron chi connectivity index (χ1n) is 5.55.